The standard InChI is InChI=1S/C29H33N9O/c1-18-6-4-7-21(31-18)26-27(38-12-5-8-25(38)34-26)19-9-11-30-22(14-19)28-32-23-16-37(17-24(23)33-28)29(39)36-13-10-20(15-36)35(2)3/h4,6-7,9,11,14,20H,5,8,10,12-13,15-17H2,1-3H3,(H,32,33)/t20-/m1/s1. The van der Waals surface area contributed by atoms with E-state index >= 15 is 0 Å². The molecule has 1 saturated heterocycles. The van der Waals surface area contributed by atoms with Crippen molar-refractivity contribution in [2.24, 2.45) is 0 Å². The number of urea groups is 1. The Morgan fingerprint density at radius 2 is 1.95 bits per heavy atom. The predicted octanol–water partition coefficient (Wildman–Crippen LogP) is 3.72. The molecule has 0 saturated carbocycles. The summed E-state index contributed by atoms with van der Waals surface area (Å²) in [4.78, 5) is 42.0. The van der Waals surface area contributed by atoms with E-state index in [-0.39, 0.29) is 6.03 Å². The van der Waals surface area contributed by atoms with Crippen LogP contribution in [0.3, 0.4) is 0 Å². The van der Waals surface area contributed by atoms with Crippen molar-refractivity contribution >= 4 is 6.03 Å². The molecule has 0 spiro atoms. The third-order valence-electron chi connectivity index (χ3n) is 8.22. The lowest BCUT2D eigenvalue weighted by atomic mass is 10.1. The number of rotatable bonds is 4. The van der Waals surface area contributed by atoms with Gasteiger partial charge in [0.25, 0.3) is 0 Å². The highest BCUT2D eigenvalue weighted by Gasteiger charge is 2.34. The molecule has 0 aromatic carbocycles. The van der Waals surface area contributed by atoms with Crippen LogP contribution in [0.4, 0.5) is 4.79 Å². The maximum Gasteiger partial charge on any atom is 0.320 e. The summed E-state index contributed by atoms with van der Waals surface area (Å²) in [5, 5.41) is 0. The number of nitrogens with zero attached hydrogens (tertiary/aromatic N) is 8. The average Bonchev–Trinajstić information content (AvgIpc) is 3.73. The topological polar surface area (TPSA) is 99.1 Å². The van der Waals surface area contributed by atoms with E-state index in [0.717, 1.165) is 96.0 Å². The highest BCUT2D eigenvalue weighted by Crippen LogP contribution is 2.36. The molecule has 10 heteroatoms. The van der Waals surface area contributed by atoms with E-state index in [1.54, 1.807) is 0 Å². The molecule has 4 aromatic rings. The van der Waals surface area contributed by atoms with Crippen LogP contribution in [0.1, 0.15) is 35.7 Å². The van der Waals surface area contributed by atoms with Crippen molar-refractivity contribution in [2.75, 3.05) is 27.2 Å². The number of aromatic amines is 1. The van der Waals surface area contributed by atoms with Gasteiger partial charge in [0.2, 0.25) is 0 Å². The van der Waals surface area contributed by atoms with Gasteiger partial charge in [0, 0.05) is 49.6 Å². The molecule has 1 N–H and O–H groups in total. The fourth-order valence-corrected chi connectivity index (χ4v) is 6.11. The van der Waals surface area contributed by atoms with Crippen molar-refractivity contribution in [1.29, 1.82) is 0 Å². The highest BCUT2D eigenvalue weighted by molar-refractivity contribution is 5.79. The van der Waals surface area contributed by atoms with E-state index in [2.05, 4.69) is 39.6 Å². The number of H-pyrrole nitrogens is 1. The number of hydrogen-bond acceptors (Lipinski definition) is 6. The predicted molar refractivity (Wildman–Crippen MR) is 148 cm³/mol. The minimum Gasteiger partial charge on any atom is -0.339 e. The van der Waals surface area contributed by atoms with Crippen molar-refractivity contribution in [3.05, 3.63) is 59.4 Å². The Bertz CT molecular complexity index is 1550. The second-order valence-corrected chi connectivity index (χ2v) is 11.1. The molecule has 0 radical (unpaired) electrons. The van der Waals surface area contributed by atoms with Gasteiger partial charge in [0.1, 0.15) is 17.2 Å². The first-order valence-electron chi connectivity index (χ1n) is 13.7. The van der Waals surface area contributed by atoms with Gasteiger partial charge in [-0.3, -0.25) is 9.97 Å². The number of aromatic nitrogens is 6. The molecule has 1 atom stereocenters. The van der Waals surface area contributed by atoms with Gasteiger partial charge in [0.15, 0.2) is 5.82 Å². The lowest BCUT2D eigenvalue weighted by molar-refractivity contribution is 0.158. The Morgan fingerprint density at radius 1 is 1.05 bits per heavy atom. The molecule has 1 fully saturated rings. The number of imidazole rings is 2. The van der Waals surface area contributed by atoms with E-state index in [9.17, 15) is 4.79 Å². The van der Waals surface area contributed by atoms with Crippen LogP contribution >= 0.6 is 0 Å². The number of carbonyl (C=O) groups is 1. The van der Waals surface area contributed by atoms with E-state index in [4.69, 9.17) is 15.0 Å². The van der Waals surface area contributed by atoms with Crippen LogP contribution in [0.15, 0.2) is 36.5 Å². The Labute approximate surface area is 227 Å². The van der Waals surface area contributed by atoms with Gasteiger partial charge in [-0.05, 0) is 58.1 Å². The minimum atomic E-state index is 0.0966. The molecule has 200 valence electrons. The van der Waals surface area contributed by atoms with Crippen LogP contribution in [0.25, 0.3) is 34.2 Å². The molecule has 7 rings (SSSR count). The van der Waals surface area contributed by atoms with Gasteiger partial charge in [0.05, 0.1) is 35.9 Å². The molecule has 0 aliphatic carbocycles. The van der Waals surface area contributed by atoms with Crippen LogP contribution in [-0.4, -0.2) is 83.4 Å². The van der Waals surface area contributed by atoms with Gasteiger partial charge < -0.3 is 24.3 Å². The molecule has 3 aliphatic rings. The van der Waals surface area contributed by atoms with E-state index in [1.165, 1.54) is 0 Å². The Morgan fingerprint density at radius 3 is 2.74 bits per heavy atom. The molecule has 0 unspecified atom stereocenters. The fraction of sp³-hybridized carbons (Fsp3) is 0.414. The average molecular weight is 524 g/mol. The second-order valence-electron chi connectivity index (χ2n) is 11.1. The first-order chi connectivity index (χ1) is 18.9. The summed E-state index contributed by atoms with van der Waals surface area (Å²) < 4.78 is 2.32. The molecule has 0 bridgehead atoms. The number of likely N-dealkylation sites (tertiary alicyclic amines) is 1. The Balaban J connectivity index is 1.15. The summed E-state index contributed by atoms with van der Waals surface area (Å²) in [6, 6.07) is 10.7. The van der Waals surface area contributed by atoms with Crippen molar-refractivity contribution in [2.45, 2.75) is 51.9 Å². The minimum absolute atomic E-state index is 0.0966. The summed E-state index contributed by atoms with van der Waals surface area (Å²) in [5.74, 6) is 1.84. The maximum absolute atomic E-state index is 13.1. The molecular weight excluding hydrogens is 490 g/mol. The van der Waals surface area contributed by atoms with Gasteiger partial charge in [-0.15, -0.1) is 0 Å². The first-order valence-corrected chi connectivity index (χ1v) is 13.7. The Kier molecular flexibility index (Phi) is 5.73. The van der Waals surface area contributed by atoms with Crippen LogP contribution in [-0.2, 0) is 26.1 Å². The lowest BCUT2D eigenvalue weighted by Crippen LogP contribution is -2.41. The SMILES string of the molecule is Cc1cccc(-c2nc3n(c2-c2ccnc(-c4nc5c([nH]4)CN(C(=O)N4CC[C@@H](N(C)C)C4)C5)c2)CCC3)n1. The van der Waals surface area contributed by atoms with Gasteiger partial charge in [-0.2, -0.15) is 0 Å². The number of hydrogen-bond donors (Lipinski definition) is 1. The number of aryl methyl sites for hydroxylation is 2. The van der Waals surface area contributed by atoms with E-state index < -0.39 is 0 Å². The fourth-order valence-electron chi connectivity index (χ4n) is 6.11. The number of carbonyl (C=O) groups excluding carboxylic acids is 1. The zero-order chi connectivity index (χ0) is 26.7. The number of amides is 2. The summed E-state index contributed by atoms with van der Waals surface area (Å²) in [6.07, 6.45) is 4.93. The molecule has 2 amide bonds. The van der Waals surface area contributed by atoms with Crippen LogP contribution in [0.5, 0.6) is 0 Å². The lowest BCUT2D eigenvalue weighted by Gasteiger charge is -2.25. The van der Waals surface area contributed by atoms with Gasteiger partial charge in [-0.25, -0.2) is 14.8 Å². The summed E-state index contributed by atoms with van der Waals surface area (Å²) in [7, 11) is 4.16. The maximum atomic E-state index is 13.1. The summed E-state index contributed by atoms with van der Waals surface area (Å²) >= 11 is 0. The molecule has 10 nitrogen and oxygen atoms in total. The van der Waals surface area contributed by atoms with E-state index in [0.29, 0.717) is 19.1 Å². The third-order valence-corrected chi connectivity index (χ3v) is 8.22. The van der Waals surface area contributed by atoms with E-state index in [1.807, 2.05) is 47.2 Å². The van der Waals surface area contributed by atoms with Crippen molar-refractivity contribution in [3.8, 4) is 34.2 Å². The van der Waals surface area contributed by atoms with Crippen molar-refractivity contribution in [3.63, 3.8) is 0 Å². The van der Waals surface area contributed by atoms with Crippen LogP contribution in [0, 0.1) is 6.92 Å². The highest BCUT2D eigenvalue weighted by atomic mass is 16.2. The zero-order valence-electron chi connectivity index (χ0n) is 22.7. The molecule has 7 heterocycles. The summed E-state index contributed by atoms with van der Waals surface area (Å²) in [6.45, 7) is 5.61. The monoisotopic (exact) mass is 523 g/mol. The smallest absolute Gasteiger partial charge is 0.320 e. The number of nitrogens with one attached hydrogen (secondary N) is 1. The molecular formula is C29H33N9O. The van der Waals surface area contributed by atoms with Gasteiger partial charge in [-0.1, -0.05) is 6.07 Å². The number of likely N-dealkylation sites (N-methyl/N-ethyl adjacent to an activating group) is 1. The Hall–Kier alpha value is -4.05. The van der Waals surface area contributed by atoms with Crippen molar-refractivity contribution in [1.82, 2.24) is 44.2 Å². The first kappa shape index (κ1) is 24.0. The molecule has 39 heavy (non-hydrogen) atoms. The molecule has 3 aliphatic heterocycles. The largest absolute Gasteiger partial charge is 0.339 e. The van der Waals surface area contributed by atoms with Crippen molar-refractivity contribution < 1.29 is 4.79 Å². The third kappa shape index (κ3) is 4.19. The van der Waals surface area contributed by atoms with Gasteiger partial charge >= 0.3 is 6.03 Å². The normalized spacial score (nSPS) is 18.3. The van der Waals surface area contributed by atoms with Crippen LogP contribution in [0.2, 0.25) is 0 Å². The quantitative estimate of drug-likeness (QED) is 0.438. The van der Waals surface area contributed by atoms with Crippen LogP contribution < -0.4 is 0 Å². The second kappa shape index (κ2) is 9.30. The molecule has 4 aromatic heterocycles. The number of fused-ring (bicyclic) bond motifs is 2. The zero-order valence-corrected chi connectivity index (χ0v) is 22.7. The summed E-state index contributed by atoms with van der Waals surface area (Å²) in [5.41, 5.74) is 7.61. The number of pyridine rings is 2.